The molecule has 2 heterocycles. The molecule has 0 amide bonds. The van der Waals surface area contributed by atoms with Gasteiger partial charge in [0.25, 0.3) is 0 Å². The van der Waals surface area contributed by atoms with Crippen molar-refractivity contribution in [3.05, 3.63) is 11.7 Å². The number of rotatable bonds is 4. The second-order valence-electron chi connectivity index (χ2n) is 4.00. The number of aromatic nitrogens is 2. The van der Waals surface area contributed by atoms with Gasteiger partial charge in [0.05, 0.1) is 12.1 Å². The maximum Gasteiger partial charge on any atom is 0.243 e. The molecule has 0 bridgehead atoms. The van der Waals surface area contributed by atoms with Gasteiger partial charge in [-0.15, -0.1) is 0 Å². The molecule has 5 nitrogen and oxygen atoms in total. The van der Waals surface area contributed by atoms with Crippen molar-refractivity contribution in [2.45, 2.75) is 44.8 Å². The summed E-state index contributed by atoms with van der Waals surface area (Å²) in [4.78, 5) is 4.31. The first-order chi connectivity index (χ1) is 7.29. The molecule has 5 heteroatoms. The van der Waals surface area contributed by atoms with Gasteiger partial charge in [-0.2, -0.15) is 4.98 Å². The monoisotopic (exact) mass is 211 g/mol. The summed E-state index contributed by atoms with van der Waals surface area (Å²) in [5, 5.41) is 16.4. The number of aryl methyl sites for hydroxylation is 1. The SMILES string of the molecule is CCCCc1noc(C2CC(O)CN2)n1. The first-order valence-corrected chi connectivity index (χ1v) is 5.53. The number of unbranched alkanes of at least 4 members (excludes halogenated alkanes) is 1. The van der Waals surface area contributed by atoms with E-state index in [1.54, 1.807) is 0 Å². The van der Waals surface area contributed by atoms with Crippen LogP contribution in [0.2, 0.25) is 0 Å². The minimum absolute atomic E-state index is 0.0304. The Morgan fingerprint density at radius 2 is 2.47 bits per heavy atom. The van der Waals surface area contributed by atoms with Crippen LogP contribution >= 0.6 is 0 Å². The maximum absolute atomic E-state index is 9.36. The number of aliphatic hydroxyl groups is 1. The van der Waals surface area contributed by atoms with Gasteiger partial charge >= 0.3 is 0 Å². The van der Waals surface area contributed by atoms with E-state index in [4.69, 9.17) is 4.52 Å². The molecule has 0 aliphatic carbocycles. The van der Waals surface area contributed by atoms with Crippen molar-refractivity contribution in [3.63, 3.8) is 0 Å². The minimum Gasteiger partial charge on any atom is -0.392 e. The third kappa shape index (κ3) is 2.54. The maximum atomic E-state index is 9.36. The highest BCUT2D eigenvalue weighted by Crippen LogP contribution is 2.21. The molecule has 1 fully saturated rings. The standard InChI is InChI=1S/C10H17N3O2/c1-2-3-4-9-12-10(15-13-9)8-5-7(14)6-11-8/h7-8,11,14H,2-6H2,1H3. The van der Waals surface area contributed by atoms with Crippen LogP contribution < -0.4 is 5.32 Å². The Hall–Kier alpha value is -0.940. The number of hydrogen-bond donors (Lipinski definition) is 2. The number of nitrogens with zero attached hydrogens (tertiary/aromatic N) is 2. The van der Waals surface area contributed by atoms with Gasteiger partial charge in [0, 0.05) is 13.0 Å². The van der Waals surface area contributed by atoms with Crippen LogP contribution in [0.25, 0.3) is 0 Å². The van der Waals surface area contributed by atoms with E-state index < -0.39 is 0 Å². The van der Waals surface area contributed by atoms with Gasteiger partial charge in [0.2, 0.25) is 5.89 Å². The van der Waals surface area contributed by atoms with Crippen molar-refractivity contribution in [1.82, 2.24) is 15.5 Å². The summed E-state index contributed by atoms with van der Waals surface area (Å²) in [6, 6.07) is 0.0304. The first kappa shape index (κ1) is 10.6. The lowest BCUT2D eigenvalue weighted by atomic mass is 10.2. The molecular formula is C10H17N3O2. The fourth-order valence-electron chi connectivity index (χ4n) is 1.75. The van der Waals surface area contributed by atoms with Crippen LogP contribution in [-0.4, -0.2) is 27.9 Å². The van der Waals surface area contributed by atoms with Crippen molar-refractivity contribution >= 4 is 0 Å². The predicted octanol–water partition coefficient (Wildman–Crippen LogP) is 0.807. The number of aliphatic hydroxyl groups excluding tert-OH is 1. The smallest absolute Gasteiger partial charge is 0.243 e. The number of nitrogens with one attached hydrogen (secondary N) is 1. The Morgan fingerprint density at radius 1 is 1.60 bits per heavy atom. The van der Waals surface area contributed by atoms with Gasteiger partial charge < -0.3 is 14.9 Å². The molecule has 84 valence electrons. The first-order valence-electron chi connectivity index (χ1n) is 5.53. The molecule has 0 radical (unpaired) electrons. The van der Waals surface area contributed by atoms with Gasteiger partial charge in [0.15, 0.2) is 5.82 Å². The third-order valence-corrected chi connectivity index (χ3v) is 2.64. The molecule has 1 aromatic heterocycles. The molecule has 0 spiro atoms. The van der Waals surface area contributed by atoms with Crippen LogP contribution in [0.15, 0.2) is 4.52 Å². The lowest BCUT2D eigenvalue weighted by Gasteiger charge is -2.01. The molecule has 1 aromatic rings. The zero-order valence-corrected chi connectivity index (χ0v) is 8.94. The third-order valence-electron chi connectivity index (χ3n) is 2.64. The molecule has 15 heavy (non-hydrogen) atoms. The molecule has 1 aliphatic rings. The van der Waals surface area contributed by atoms with E-state index in [0.29, 0.717) is 18.9 Å². The second-order valence-corrected chi connectivity index (χ2v) is 4.00. The van der Waals surface area contributed by atoms with Gasteiger partial charge in [-0.1, -0.05) is 18.5 Å². The highest BCUT2D eigenvalue weighted by molar-refractivity contribution is 4.97. The largest absolute Gasteiger partial charge is 0.392 e. The van der Waals surface area contributed by atoms with E-state index in [0.717, 1.165) is 25.1 Å². The van der Waals surface area contributed by atoms with E-state index in [1.165, 1.54) is 0 Å². The van der Waals surface area contributed by atoms with Crippen molar-refractivity contribution in [3.8, 4) is 0 Å². The van der Waals surface area contributed by atoms with Crippen LogP contribution in [0.5, 0.6) is 0 Å². The summed E-state index contributed by atoms with van der Waals surface area (Å²) in [5.74, 6) is 1.38. The van der Waals surface area contributed by atoms with Crippen LogP contribution in [-0.2, 0) is 6.42 Å². The van der Waals surface area contributed by atoms with Crippen molar-refractivity contribution in [1.29, 1.82) is 0 Å². The average Bonchev–Trinajstić information content (AvgIpc) is 2.83. The topological polar surface area (TPSA) is 71.2 Å². The van der Waals surface area contributed by atoms with Crippen LogP contribution in [0.1, 0.15) is 43.9 Å². The normalized spacial score (nSPS) is 26.0. The quantitative estimate of drug-likeness (QED) is 0.771. The molecular weight excluding hydrogens is 194 g/mol. The summed E-state index contributed by atoms with van der Waals surface area (Å²) < 4.78 is 5.16. The van der Waals surface area contributed by atoms with E-state index >= 15 is 0 Å². The van der Waals surface area contributed by atoms with Gasteiger partial charge in [-0.25, -0.2) is 0 Å². The van der Waals surface area contributed by atoms with Crippen LogP contribution in [0, 0.1) is 0 Å². The van der Waals surface area contributed by atoms with E-state index in [-0.39, 0.29) is 12.1 Å². The average molecular weight is 211 g/mol. The van der Waals surface area contributed by atoms with Crippen molar-refractivity contribution < 1.29 is 9.63 Å². The van der Waals surface area contributed by atoms with Gasteiger partial charge in [0.1, 0.15) is 0 Å². The van der Waals surface area contributed by atoms with Crippen molar-refractivity contribution in [2.75, 3.05) is 6.54 Å². The Bertz CT molecular complexity index is 313. The highest BCUT2D eigenvalue weighted by Gasteiger charge is 2.27. The Labute approximate surface area is 88.9 Å². The lowest BCUT2D eigenvalue weighted by Crippen LogP contribution is -2.15. The fourth-order valence-corrected chi connectivity index (χ4v) is 1.75. The summed E-state index contributed by atoms with van der Waals surface area (Å²) in [7, 11) is 0. The zero-order valence-electron chi connectivity index (χ0n) is 8.94. The Balaban J connectivity index is 1.94. The lowest BCUT2D eigenvalue weighted by molar-refractivity contribution is 0.191. The molecule has 2 N–H and O–H groups in total. The van der Waals surface area contributed by atoms with Gasteiger partial charge in [-0.05, 0) is 12.8 Å². The van der Waals surface area contributed by atoms with E-state index in [2.05, 4.69) is 22.4 Å². The predicted molar refractivity (Wildman–Crippen MR) is 54.3 cm³/mol. The van der Waals surface area contributed by atoms with E-state index in [1.807, 2.05) is 0 Å². The van der Waals surface area contributed by atoms with E-state index in [9.17, 15) is 5.11 Å². The Kier molecular flexibility index (Phi) is 3.33. The molecule has 0 aromatic carbocycles. The highest BCUT2D eigenvalue weighted by atomic mass is 16.5. The molecule has 2 atom stereocenters. The second kappa shape index (κ2) is 4.72. The summed E-state index contributed by atoms with van der Waals surface area (Å²) in [6.45, 7) is 2.74. The number of hydrogen-bond acceptors (Lipinski definition) is 5. The van der Waals surface area contributed by atoms with Gasteiger partial charge in [-0.3, -0.25) is 0 Å². The van der Waals surface area contributed by atoms with Crippen LogP contribution in [0.4, 0.5) is 0 Å². The summed E-state index contributed by atoms with van der Waals surface area (Å²) >= 11 is 0. The molecule has 1 saturated heterocycles. The number of β-amino-alcohol motifs (C(OH)–C–C–N with tert-alkyl or cyclic N) is 1. The van der Waals surface area contributed by atoms with Crippen LogP contribution in [0.3, 0.4) is 0 Å². The zero-order chi connectivity index (χ0) is 10.7. The fraction of sp³-hybridized carbons (Fsp3) is 0.800. The molecule has 2 rings (SSSR count). The van der Waals surface area contributed by atoms with Crippen molar-refractivity contribution in [2.24, 2.45) is 0 Å². The summed E-state index contributed by atoms with van der Waals surface area (Å²) in [5.41, 5.74) is 0. The molecule has 2 unspecified atom stereocenters. The molecule has 1 aliphatic heterocycles. The minimum atomic E-state index is -0.291. The summed E-state index contributed by atoms with van der Waals surface area (Å²) in [6.07, 6.45) is 3.45. The molecule has 0 saturated carbocycles. The Morgan fingerprint density at radius 3 is 3.13 bits per heavy atom.